The van der Waals surface area contributed by atoms with E-state index < -0.39 is 17.8 Å². The number of esters is 1. The van der Waals surface area contributed by atoms with Crippen LogP contribution in [0.2, 0.25) is 0 Å². The summed E-state index contributed by atoms with van der Waals surface area (Å²) in [5.74, 6) is -1.12. The minimum Gasteiger partial charge on any atom is -0.478 e. The fourth-order valence-electron chi connectivity index (χ4n) is 3.87. The summed E-state index contributed by atoms with van der Waals surface area (Å²) in [6.07, 6.45) is 0. The van der Waals surface area contributed by atoms with E-state index in [0.29, 0.717) is 33.7 Å². The third-order valence-electron chi connectivity index (χ3n) is 5.78. The van der Waals surface area contributed by atoms with E-state index in [1.54, 1.807) is 37.3 Å². The van der Waals surface area contributed by atoms with Gasteiger partial charge in [0, 0.05) is 11.1 Å². The molecule has 10 nitrogen and oxygen atoms in total. The smallest absolute Gasteiger partial charge is 0.335 e. The summed E-state index contributed by atoms with van der Waals surface area (Å²) in [6, 6.07) is 19.0. The lowest BCUT2D eigenvalue weighted by Crippen LogP contribution is -2.08. The molecule has 0 fully saturated rings. The normalized spacial score (nSPS) is 10.8. The van der Waals surface area contributed by atoms with Crippen LogP contribution in [0.5, 0.6) is 11.6 Å². The number of carbonyl (C=O) groups is 2. The Hall–Kier alpha value is -5.28. The molecule has 2 N–H and O–H groups in total. The van der Waals surface area contributed by atoms with Gasteiger partial charge >= 0.3 is 11.9 Å². The summed E-state index contributed by atoms with van der Waals surface area (Å²) >= 11 is 1.02. The van der Waals surface area contributed by atoms with Crippen LogP contribution in [0, 0.1) is 17.1 Å². The minimum absolute atomic E-state index is 0.0349. The van der Waals surface area contributed by atoms with Crippen molar-refractivity contribution in [2.75, 3.05) is 12.4 Å². The van der Waals surface area contributed by atoms with E-state index in [1.807, 2.05) is 0 Å². The monoisotopic (exact) mass is 569 g/mol. The number of carboxylic acids is 1. The van der Waals surface area contributed by atoms with Crippen LogP contribution in [-0.4, -0.2) is 49.3 Å². The number of nitriles is 1. The largest absolute Gasteiger partial charge is 0.478 e. The summed E-state index contributed by atoms with van der Waals surface area (Å²) in [4.78, 5) is 39.6. The van der Waals surface area contributed by atoms with Crippen molar-refractivity contribution in [1.82, 2.24) is 19.9 Å². The Morgan fingerprint density at radius 2 is 1.76 bits per heavy atom. The second-order valence-electron chi connectivity index (χ2n) is 8.50. The number of aromatic nitrogens is 4. The Balaban J connectivity index is 1.46. The van der Waals surface area contributed by atoms with Crippen LogP contribution in [0.1, 0.15) is 22.8 Å². The molecule has 0 spiro atoms. The van der Waals surface area contributed by atoms with Crippen molar-refractivity contribution in [1.29, 1.82) is 5.26 Å². The lowest BCUT2D eigenvalue weighted by atomic mass is 10.1. The third-order valence-corrected chi connectivity index (χ3v) is 6.60. The van der Waals surface area contributed by atoms with Crippen molar-refractivity contribution in [3.05, 3.63) is 83.7 Å². The Morgan fingerprint density at radius 1 is 1.02 bits per heavy atom. The molecule has 0 unspecified atom stereocenters. The van der Waals surface area contributed by atoms with Gasteiger partial charge in [-0.15, -0.1) is 0 Å². The van der Waals surface area contributed by atoms with E-state index in [0.717, 1.165) is 11.8 Å². The fraction of sp³-hybridized carbons (Fsp3) is 0.103. The molecular weight excluding hydrogens is 549 g/mol. The van der Waals surface area contributed by atoms with Gasteiger partial charge in [-0.2, -0.15) is 10.2 Å². The highest BCUT2D eigenvalue weighted by molar-refractivity contribution is 7.99. The summed E-state index contributed by atoms with van der Waals surface area (Å²) in [5.41, 5.74) is 2.79. The lowest BCUT2D eigenvalue weighted by molar-refractivity contribution is -0.139. The minimum atomic E-state index is -1.03. The van der Waals surface area contributed by atoms with Crippen molar-refractivity contribution < 1.29 is 28.6 Å². The van der Waals surface area contributed by atoms with Crippen molar-refractivity contribution >= 4 is 34.7 Å². The second kappa shape index (κ2) is 11.8. The number of nitrogens with zero attached hydrogens (tertiary/aromatic N) is 4. The van der Waals surface area contributed by atoms with Gasteiger partial charge in [-0.3, -0.25) is 4.79 Å². The Bertz CT molecular complexity index is 1800. The molecule has 0 atom stereocenters. The number of thioether (sulfide) groups is 1. The Kier molecular flexibility index (Phi) is 7.89. The first-order valence-corrected chi connectivity index (χ1v) is 13.2. The highest BCUT2D eigenvalue weighted by Crippen LogP contribution is 2.33. The topological polar surface area (TPSA) is 151 Å². The summed E-state index contributed by atoms with van der Waals surface area (Å²) < 4.78 is 24.5. The number of hydrogen-bond acceptors (Lipinski definition) is 9. The number of aromatic amines is 1. The number of imidazole rings is 1. The predicted molar refractivity (Wildman–Crippen MR) is 148 cm³/mol. The predicted octanol–water partition coefficient (Wildman–Crippen LogP) is 5.84. The number of rotatable bonds is 9. The van der Waals surface area contributed by atoms with Crippen LogP contribution < -0.4 is 4.74 Å². The molecule has 5 aromatic rings. The quantitative estimate of drug-likeness (QED) is 0.126. The maximum atomic E-state index is 13.6. The van der Waals surface area contributed by atoms with E-state index in [2.05, 4.69) is 26.0 Å². The van der Waals surface area contributed by atoms with Gasteiger partial charge in [0.15, 0.2) is 5.16 Å². The first-order chi connectivity index (χ1) is 19.8. The van der Waals surface area contributed by atoms with Crippen molar-refractivity contribution in [2.45, 2.75) is 12.1 Å². The van der Waals surface area contributed by atoms with Gasteiger partial charge in [0.05, 0.1) is 34.7 Å². The number of aromatic carboxylic acids is 1. The molecule has 0 amide bonds. The molecule has 5 rings (SSSR count). The van der Waals surface area contributed by atoms with Crippen LogP contribution in [-0.2, 0) is 9.53 Å². The summed E-state index contributed by atoms with van der Waals surface area (Å²) in [5, 5.41) is 19.4. The molecule has 0 radical (unpaired) electrons. The van der Waals surface area contributed by atoms with Gasteiger partial charge in [0.2, 0.25) is 5.88 Å². The molecule has 204 valence electrons. The lowest BCUT2D eigenvalue weighted by Gasteiger charge is -2.12. The highest BCUT2D eigenvalue weighted by atomic mass is 32.2. The first kappa shape index (κ1) is 27.3. The van der Waals surface area contributed by atoms with Crippen LogP contribution in [0.25, 0.3) is 33.7 Å². The van der Waals surface area contributed by atoms with Crippen LogP contribution in [0.3, 0.4) is 0 Å². The van der Waals surface area contributed by atoms with Gasteiger partial charge in [-0.25, -0.2) is 19.2 Å². The van der Waals surface area contributed by atoms with Crippen LogP contribution in [0.4, 0.5) is 4.39 Å². The standard InChI is InChI=1S/C29H20FN5O5S/c1-2-39-24(36)15-41-29-34-25(16-3-8-19(30)9-4-16)21(14-31)27(35-29)40-20-10-5-17(6-11-20)26-32-22-12-7-18(28(37)38)13-23(22)33-26/h3-13H,2,15H2,1H3,(H,32,33)(H,37,38). The van der Waals surface area contributed by atoms with Gasteiger partial charge < -0.3 is 19.6 Å². The average molecular weight is 570 g/mol. The van der Waals surface area contributed by atoms with Crippen LogP contribution in [0.15, 0.2) is 71.9 Å². The molecule has 2 aromatic heterocycles. The zero-order valence-electron chi connectivity index (χ0n) is 21.4. The Labute approximate surface area is 236 Å². The second-order valence-corrected chi connectivity index (χ2v) is 9.44. The van der Waals surface area contributed by atoms with E-state index in [4.69, 9.17) is 9.47 Å². The van der Waals surface area contributed by atoms with E-state index in [9.17, 15) is 24.3 Å². The van der Waals surface area contributed by atoms with Gasteiger partial charge in [-0.1, -0.05) is 11.8 Å². The number of hydrogen-bond donors (Lipinski definition) is 2. The molecule has 0 saturated carbocycles. The molecule has 12 heteroatoms. The van der Waals surface area contributed by atoms with Gasteiger partial charge in [0.25, 0.3) is 0 Å². The Morgan fingerprint density at radius 3 is 2.44 bits per heavy atom. The van der Waals surface area contributed by atoms with E-state index >= 15 is 0 Å². The number of benzene rings is 3. The molecule has 0 aliphatic rings. The van der Waals surface area contributed by atoms with Gasteiger partial charge in [-0.05, 0) is 73.7 Å². The maximum Gasteiger partial charge on any atom is 0.335 e. The molecule has 3 aromatic carbocycles. The molecule has 2 heterocycles. The fourth-order valence-corrected chi connectivity index (χ4v) is 4.51. The average Bonchev–Trinajstić information content (AvgIpc) is 3.40. The number of ether oxygens (including phenoxy) is 2. The number of carbonyl (C=O) groups excluding carboxylic acids is 1. The molecule has 41 heavy (non-hydrogen) atoms. The third kappa shape index (κ3) is 6.15. The molecule has 0 aliphatic carbocycles. The SMILES string of the molecule is CCOC(=O)CSc1nc(Oc2ccc(-c3nc4ccc(C(=O)O)cc4[nH]3)cc2)c(C#N)c(-c2ccc(F)cc2)n1. The molecule has 0 aliphatic heterocycles. The van der Waals surface area contributed by atoms with Crippen LogP contribution >= 0.6 is 11.8 Å². The number of halogens is 1. The molecule has 0 saturated heterocycles. The van der Waals surface area contributed by atoms with E-state index in [-0.39, 0.29) is 40.2 Å². The maximum absolute atomic E-state index is 13.6. The summed E-state index contributed by atoms with van der Waals surface area (Å²) in [7, 11) is 0. The number of H-pyrrole nitrogens is 1. The molecule has 0 bridgehead atoms. The highest BCUT2D eigenvalue weighted by Gasteiger charge is 2.20. The number of fused-ring (bicyclic) bond motifs is 1. The van der Waals surface area contributed by atoms with Gasteiger partial charge in [0.1, 0.15) is 29.0 Å². The van der Waals surface area contributed by atoms with E-state index in [1.165, 1.54) is 36.4 Å². The zero-order chi connectivity index (χ0) is 28.9. The number of carboxylic acid groups (broad SMARTS) is 1. The van der Waals surface area contributed by atoms with Crippen molar-refractivity contribution in [3.8, 4) is 40.3 Å². The molecular formula is C29H20FN5O5S. The van der Waals surface area contributed by atoms with Crippen molar-refractivity contribution in [2.24, 2.45) is 0 Å². The van der Waals surface area contributed by atoms with Crippen molar-refractivity contribution in [3.63, 3.8) is 0 Å². The first-order valence-electron chi connectivity index (χ1n) is 12.2. The number of nitrogens with one attached hydrogen (secondary N) is 1. The zero-order valence-corrected chi connectivity index (χ0v) is 22.2. The summed E-state index contributed by atoms with van der Waals surface area (Å²) in [6.45, 7) is 1.93.